The van der Waals surface area contributed by atoms with Crippen LogP contribution in [0.15, 0.2) is 18.2 Å². The zero-order valence-corrected chi connectivity index (χ0v) is 11.7. The van der Waals surface area contributed by atoms with E-state index in [0.717, 1.165) is 5.56 Å². The third-order valence-electron chi connectivity index (χ3n) is 2.56. The third kappa shape index (κ3) is 6.62. The van der Waals surface area contributed by atoms with Crippen LogP contribution in [0.1, 0.15) is 12.0 Å². The van der Waals surface area contributed by atoms with E-state index >= 15 is 0 Å². The molecule has 1 aromatic carbocycles. The largest absolute Gasteiger partial charge is 0.493 e. The number of benzene rings is 1. The van der Waals surface area contributed by atoms with E-state index in [9.17, 15) is 9.59 Å². The Labute approximate surface area is 122 Å². The van der Waals surface area contributed by atoms with E-state index in [-0.39, 0.29) is 6.61 Å². The van der Waals surface area contributed by atoms with Crippen molar-refractivity contribution in [3.05, 3.63) is 23.8 Å². The van der Waals surface area contributed by atoms with Crippen LogP contribution in [-0.4, -0.2) is 49.1 Å². The smallest absolute Gasteiger partial charge is 0.341 e. The summed E-state index contributed by atoms with van der Waals surface area (Å²) in [6.07, 6.45) is 1.36. The maximum atomic E-state index is 10.5. The molecule has 1 rings (SSSR count). The quantitative estimate of drug-likeness (QED) is 0.625. The summed E-state index contributed by atoms with van der Waals surface area (Å²) in [4.78, 5) is 20.7. The van der Waals surface area contributed by atoms with Gasteiger partial charge >= 0.3 is 11.9 Å². The predicted molar refractivity (Wildman–Crippen MR) is 72.9 cm³/mol. The first-order valence-electron chi connectivity index (χ1n) is 6.34. The summed E-state index contributed by atoms with van der Waals surface area (Å²) in [5.74, 6) is -1.22. The van der Waals surface area contributed by atoms with Crippen molar-refractivity contribution in [1.82, 2.24) is 0 Å². The Kier molecular flexibility index (Phi) is 7.03. The molecule has 0 heterocycles. The van der Waals surface area contributed by atoms with E-state index in [4.69, 9.17) is 24.4 Å². The minimum Gasteiger partial charge on any atom is -0.493 e. The molecule has 0 amide bonds. The Morgan fingerprint density at radius 2 is 1.81 bits per heavy atom. The highest BCUT2D eigenvalue weighted by molar-refractivity contribution is 5.68. The van der Waals surface area contributed by atoms with Crippen LogP contribution < -0.4 is 9.47 Å². The van der Waals surface area contributed by atoms with E-state index < -0.39 is 18.5 Å². The summed E-state index contributed by atoms with van der Waals surface area (Å²) in [5, 5.41) is 17.0. The monoisotopic (exact) mass is 298 g/mol. The fourth-order valence-corrected chi connectivity index (χ4v) is 1.66. The average Bonchev–Trinajstić information content (AvgIpc) is 2.44. The zero-order valence-electron chi connectivity index (χ0n) is 11.7. The minimum atomic E-state index is -1.06. The minimum absolute atomic E-state index is 0.300. The number of carboxylic acids is 2. The number of methoxy groups -OCH3 is 1. The average molecular weight is 298 g/mol. The van der Waals surface area contributed by atoms with Gasteiger partial charge in [0, 0.05) is 6.61 Å². The van der Waals surface area contributed by atoms with Crippen LogP contribution in [0.2, 0.25) is 0 Å². The first-order chi connectivity index (χ1) is 10.0. The van der Waals surface area contributed by atoms with E-state index in [1.807, 2.05) is 0 Å². The molecule has 116 valence electrons. The van der Waals surface area contributed by atoms with Gasteiger partial charge in [0.1, 0.15) is 6.61 Å². The second-order valence-electron chi connectivity index (χ2n) is 4.22. The molecule has 0 saturated carbocycles. The highest BCUT2D eigenvalue weighted by atomic mass is 16.5. The van der Waals surface area contributed by atoms with Gasteiger partial charge in [0.15, 0.2) is 18.1 Å². The number of hydrogen-bond acceptors (Lipinski definition) is 5. The maximum absolute atomic E-state index is 10.5. The number of hydrogen-bond donors (Lipinski definition) is 2. The molecular formula is C14H18O7. The maximum Gasteiger partial charge on any atom is 0.341 e. The molecule has 2 N–H and O–H groups in total. The molecule has 0 radical (unpaired) electrons. The second-order valence-corrected chi connectivity index (χ2v) is 4.22. The molecule has 0 spiro atoms. The van der Waals surface area contributed by atoms with Gasteiger partial charge in [-0.3, -0.25) is 0 Å². The number of carbonyl (C=O) groups is 2. The van der Waals surface area contributed by atoms with Crippen molar-refractivity contribution in [2.75, 3.05) is 26.9 Å². The molecule has 0 aliphatic carbocycles. The molecule has 0 fully saturated rings. The van der Waals surface area contributed by atoms with Gasteiger partial charge in [-0.25, -0.2) is 9.59 Å². The van der Waals surface area contributed by atoms with E-state index in [1.165, 1.54) is 7.11 Å². The lowest BCUT2D eigenvalue weighted by Gasteiger charge is -2.11. The van der Waals surface area contributed by atoms with Crippen molar-refractivity contribution in [2.24, 2.45) is 0 Å². The molecule has 0 saturated heterocycles. The Bertz CT molecular complexity index is 484. The highest BCUT2D eigenvalue weighted by Gasteiger charge is 2.08. The van der Waals surface area contributed by atoms with E-state index in [2.05, 4.69) is 0 Å². The Balaban J connectivity index is 2.49. The van der Waals surface area contributed by atoms with Gasteiger partial charge in [-0.15, -0.1) is 0 Å². The van der Waals surface area contributed by atoms with Crippen molar-refractivity contribution < 1.29 is 34.0 Å². The van der Waals surface area contributed by atoms with Gasteiger partial charge in [-0.2, -0.15) is 0 Å². The van der Waals surface area contributed by atoms with E-state index in [0.29, 0.717) is 30.9 Å². The predicted octanol–water partition coefficient (Wildman–Crippen LogP) is 1.19. The first-order valence-corrected chi connectivity index (χ1v) is 6.34. The standard InChI is InChI=1S/C14H18O7/c1-19-12-7-10(3-2-6-20-8-13(15)16)4-5-11(12)21-9-14(17)18/h4-5,7H,2-3,6,8-9H2,1H3,(H,15,16)(H,17,18). The molecule has 0 aromatic heterocycles. The number of ether oxygens (including phenoxy) is 3. The summed E-state index contributed by atoms with van der Waals surface area (Å²) in [5.41, 5.74) is 0.966. The van der Waals surface area contributed by atoms with Crippen molar-refractivity contribution in [3.63, 3.8) is 0 Å². The second kappa shape index (κ2) is 8.80. The number of carboxylic acid groups (broad SMARTS) is 2. The lowest BCUT2D eigenvalue weighted by Crippen LogP contribution is -2.10. The van der Waals surface area contributed by atoms with Crippen LogP contribution >= 0.6 is 0 Å². The molecule has 21 heavy (non-hydrogen) atoms. The number of rotatable bonds is 10. The molecule has 0 atom stereocenters. The van der Waals surface area contributed by atoms with Gasteiger partial charge < -0.3 is 24.4 Å². The number of aliphatic carboxylic acids is 2. The fourth-order valence-electron chi connectivity index (χ4n) is 1.66. The lowest BCUT2D eigenvalue weighted by atomic mass is 10.1. The summed E-state index contributed by atoms with van der Waals surface area (Å²) < 4.78 is 15.2. The van der Waals surface area contributed by atoms with Crippen LogP contribution in [-0.2, 0) is 20.7 Å². The zero-order chi connectivity index (χ0) is 15.7. The van der Waals surface area contributed by atoms with Crippen LogP contribution in [0.25, 0.3) is 0 Å². The molecule has 7 heteroatoms. The molecule has 0 aliphatic rings. The highest BCUT2D eigenvalue weighted by Crippen LogP contribution is 2.28. The first kappa shape index (κ1) is 16.8. The third-order valence-corrected chi connectivity index (χ3v) is 2.56. The van der Waals surface area contributed by atoms with Gasteiger partial charge in [0.2, 0.25) is 0 Å². The van der Waals surface area contributed by atoms with Crippen LogP contribution in [0.3, 0.4) is 0 Å². The van der Waals surface area contributed by atoms with Crippen LogP contribution in [0.5, 0.6) is 11.5 Å². The molecule has 1 aromatic rings. The molecule has 7 nitrogen and oxygen atoms in total. The summed E-state index contributed by atoms with van der Waals surface area (Å²) in [6.45, 7) is -0.379. The van der Waals surface area contributed by atoms with Gasteiger partial charge in [0.25, 0.3) is 0 Å². The van der Waals surface area contributed by atoms with Crippen molar-refractivity contribution in [1.29, 1.82) is 0 Å². The summed E-state index contributed by atoms with van der Waals surface area (Å²) in [7, 11) is 1.47. The lowest BCUT2D eigenvalue weighted by molar-refractivity contribution is -0.142. The van der Waals surface area contributed by atoms with Gasteiger partial charge in [0.05, 0.1) is 7.11 Å². The number of aryl methyl sites for hydroxylation is 1. The fraction of sp³-hybridized carbons (Fsp3) is 0.429. The molecule has 0 unspecified atom stereocenters. The molecule has 0 bridgehead atoms. The van der Waals surface area contributed by atoms with Crippen molar-refractivity contribution in [2.45, 2.75) is 12.8 Å². The van der Waals surface area contributed by atoms with Gasteiger partial charge in [-0.1, -0.05) is 6.07 Å². The van der Waals surface area contributed by atoms with Crippen molar-refractivity contribution in [3.8, 4) is 11.5 Å². The Morgan fingerprint density at radius 1 is 1.10 bits per heavy atom. The normalized spacial score (nSPS) is 10.1. The summed E-state index contributed by atoms with van der Waals surface area (Å²) in [6, 6.07) is 5.21. The van der Waals surface area contributed by atoms with Crippen LogP contribution in [0.4, 0.5) is 0 Å². The van der Waals surface area contributed by atoms with Gasteiger partial charge in [-0.05, 0) is 30.5 Å². The SMILES string of the molecule is COc1cc(CCCOCC(=O)O)ccc1OCC(=O)O. The Morgan fingerprint density at radius 3 is 2.43 bits per heavy atom. The van der Waals surface area contributed by atoms with Crippen LogP contribution in [0, 0.1) is 0 Å². The van der Waals surface area contributed by atoms with Crippen molar-refractivity contribution >= 4 is 11.9 Å². The molecule has 0 aliphatic heterocycles. The van der Waals surface area contributed by atoms with E-state index in [1.54, 1.807) is 18.2 Å². The summed E-state index contributed by atoms with van der Waals surface area (Å²) >= 11 is 0. The Hall–Kier alpha value is -2.28. The molecular weight excluding hydrogens is 280 g/mol. The topological polar surface area (TPSA) is 102 Å².